The van der Waals surface area contributed by atoms with Gasteiger partial charge in [0.05, 0.1) is 17.2 Å². The quantitative estimate of drug-likeness (QED) is 0.155. The monoisotopic (exact) mass is 550 g/mol. The zero-order chi connectivity index (χ0) is 29.3. The summed E-state index contributed by atoms with van der Waals surface area (Å²) in [5.74, 6) is 1.51. The molecule has 5 rings (SSSR count). The summed E-state index contributed by atoms with van der Waals surface area (Å²) in [5, 5.41) is 14.9. The number of esters is 1. The highest BCUT2D eigenvalue weighted by Gasteiger charge is 2.71. The van der Waals surface area contributed by atoms with E-state index in [1.54, 1.807) is 0 Å². The van der Waals surface area contributed by atoms with Crippen LogP contribution in [-0.4, -0.2) is 24.3 Å². The van der Waals surface area contributed by atoms with Gasteiger partial charge in [0.15, 0.2) is 0 Å². The Morgan fingerprint density at radius 3 is 2.27 bits per heavy atom. The first-order valence-electron chi connectivity index (χ1n) is 15.6. The molecule has 5 aliphatic carbocycles. The fourth-order valence-corrected chi connectivity index (χ4v) is 11.7. The minimum absolute atomic E-state index is 0.0539. The molecular formula is C34H50N2O4. The van der Waals surface area contributed by atoms with Crippen LogP contribution in [0.15, 0.2) is 17.3 Å². The number of hydrogen-bond acceptors (Lipinski definition) is 6. The summed E-state index contributed by atoms with van der Waals surface area (Å²) in [6.45, 7) is 19.5. The lowest BCUT2D eigenvalue weighted by atomic mass is 9.32. The van der Waals surface area contributed by atoms with Gasteiger partial charge in [-0.3, -0.25) is 4.79 Å². The van der Waals surface area contributed by atoms with E-state index in [0.29, 0.717) is 23.7 Å². The van der Waals surface area contributed by atoms with Crippen molar-refractivity contribution in [3.8, 4) is 6.07 Å². The van der Waals surface area contributed by atoms with Crippen LogP contribution in [0.3, 0.4) is 0 Å². The zero-order valence-corrected chi connectivity index (χ0v) is 25.9. The second kappa shape index (κ2) is 9.70. The summed E-state index contributed by atoms with van der Waals surface area (Å²) in [6.07, 6.45) is 10.5. The Bertz CT molecular complexity index is 1170. The van der Waals surface area contributed by atoms with E-state index in [1.165, 1.54) is 32.3 Å². The molecule has 6 heteroatoms. The highest BCUT2D eigenvalue weighted by atomic mass is 16.7. The van der Waals surface area contributed by atoms with E-state index in [1.807, 2.05) is 0 Å². The summed E-state index contributed by atoms with van der Waals surface area (Å²) >= 11 is 0. The summed E-state index contributed by atoms with van der Waals surface area (Å²) in [7, 11) is 0. The van der Waals surface area contributed by atoms with Gasteiger partial charge in [-0.15, -0.1) is 0 Å². The minimum Gasteiger partial charge on any atom is -0.465 e. The predicted octanol–water partition coefficient (Wildman–Crippen LogP) is 7.63. The summed E-state index contributed by atoms with van der Waals surface area (Å²) in [5.41, 5.74) is 1.84. The topological polar surface area (TPSA) is 88.8 Å². The maximum Gasteiger partial charge on any atom is 0.331 e. The SMILES string of the molecule is C=C(C)[C@@H]1CC[C@]2(C#N)CC[C@]3(C)[C@H](CC[C@@H]4[C@@]5(C)CCC(=NOC(C)=O)[C@](C)(COC(C)=O)[C@@H]5CC[C@]43C)[C@@H]12. The molecule has 0 N–H and O–H groups in total. The van der Waals surface area contributed by atoms with Crippen molar-refractivity contribution in [2.75, 3.05) is 6.61 Å². The molecule has 0 unspecified atom stereocenters. The lowest BCUT2D eigenvalue weighted by Gasteiger charge is -2.72. The van der Waals surface area contributed by atoms with Gasteiger partial charge >= 0.3 is 11.9 Å². The number of carbonyl (C=O) groups is 2. The van der Waals surface area contributed by atoms with Gasteiger partial charge in [-0.05, 0) is 117 Å². The van der Waals surface area contributed by atoms with Crippen molar-refractivity contribution in [2.45, 2.75) is 113 Å². The van der Waals surface area contributed by atoms with E-state index in [4.69, 9.17) is 9.57 Å². The third-order valence-electron chi connectivity index (χ3n) is 13.7. The third kappa shape index (κ3) is 3.96. The van der Waals surface area contributed by atoms with Crippen LogP contribution < -0.4 is 0 Å². The second-order valence-corrected chi connectivity index (χ2v) is 15.3. The Kier molecular flexibility index (Phi) is 7.12. The molecule has 0 heterocycles. The number of hydrogen-bond donors (Lipinski definition) is 0. The van der Waals surface area contributed by atoms with E-state index in [9.17, 15) is 14.9 Å². The van der Waals surface area contributed by atoms with Gasteiger partial charge in [0.2, 0.25) is 0 Å². The molecule has 6 nitrogen and oxygen atoms in total. The van der Waals surface area contributed by atoms with Crippen LogP contribution >= 0.6 is 0 Å². The van der Waals surface area contributed by atoms with E-state index >= 15 is 0 Å². The number of nitriles is 1. The van der Waals surface area contributed by atoms with Gasteiger partial charge in [0.1, 0.15) is 6.61 Å². The van der Waals surface area contributed by atoms with Crippen LogP contribution in [0.1, 0.15) is 113 Å². The van der Waals surface area contributed by atoms with E-state index in [-0.39, 0.29) is 40.2 Å². The average Bonchev–Trinajstić information content (AvgIpc) is 3.28. The number of nitrogens with zero attached hydrogens (tertiary/aromatic N) is 2. The number of allylic oxidation sites excluding steroid dienone is 1. The standard InChI is InChI=1S/C34H50N2O4/c1-21(2)24-11-16-34(19-35)18-17-32(7)25(29(24)34)9-10-27-30(5)14-13-28(36-40-23(4)38)31(6,20-39-22(3)37)26(30)12-15-33(27,32)8/h24-27,29H,1,9-18,20H2,2-8H3/t24-,25+,26+,27+,29+,30-,31+,32+,33+,34+/m0/s1. The van der Waals surface area contributed by atoms with Crippen LogP contribution in [0.25, 0.3) is 0 Å². The van der Waals surface area contributed by atoms with Gasteiger partial charge in [0.25, 0.3) is 0 Å². The number of rotatable bonds is 4. The molecule has 0 radical (unpaired) electrons. The molecule has 0 saturated heterocycles. The van der Waals surface area contributed by atoms with Gasteiger partial charge in [-0.25, -0.2) is 4.79 Å². The first kappa shape index (κ1) is 29.3. The molecule has 0 aromatic carbocycles. The molecule has 220 valence electrons. The summed E-state index contributed by atoms with van der Waals surface area (Å²) in [4.78, 5) is 28.8. The smallest absolute Gasteiger partial charge is 0.331 e. The summed E-state index contributed by atoms with van der Waals surface area (Å²) < 4.78 is 5.69. The van der Waals surface area contributed by atoms with Gasteiger partial charge in [-0.2, -0.15) is 5.26 Å². The average molecular weight is 551 g/mol. The molecule has 10 atom stereocenters. The van der Waals surface area contributed by atoms with Gasteiger partial charge in [-0.1, -0.05) is 45.0 Å². The molecule has 0 amide bonds. The van der Waals surface area contributed by atoms with Crippen molar-refractivity contribution in [3.63, 3.8) is 0 Å². The van der Waals surface area contributed by atoms with Crippen molar-refractivity contribution in [3.05, 3.63) is 12.2 Å². The number of oxime groups is 1. The highest BCUT2D eigenvalue weighted by Crippen LogP contribution is 2.77. The number of ether oxygens (including phenoxy) is 1. The van der Waals surface area contributed by atoms with E-state index in [0.717, 1.165) is 57.1 Å². The maximum absolute atomic E-state index is 12.0. The van der Waals surface area contributed by atoms with Crippen LogP contribution in [0.4, 0.5) is 0 Å². The van der Waals surface area contributed by atoms with E-state index < -0.39 is 11.4 Å². The minimum atomic E-state index is -0.480. The molecule has 40 heavy (non-hydrogen) atoms. The lowest BCUT2D eigenvalue weighted by Crippen LogP contribution is -2.67. The lowest BCUT2D eigenvalue weighted by molar-refractivity contribution is -0.227. The third-order valence-corrected chi connectivity index (χ3v) is 13.7. The van der Waals surface area contributed by atoms with Crippen LogP contribution in [0, 0.1) is 68.0 Å². The Morgan fingerprint density at radius 1 is 0.925 bits per heavy atom. The van der Waals surface area contributed by atoms with Crippen LogP contribution in [0.2, 0.25) is 0 Å². The second-order valence-electron chi connectivity index (χ2n) is 15.3. The predicted molar refractivity (Wildman–Crippen MR) is 155 cm³/mol. The molecule has 5 fully saturated rings. The van der Waals surface area contributed by atoms with Crippen molar-refractivity contribution in [1.29, 1.82) is 5.26 Å². The largest absolute Gasteiger partial charge is 0.465 e. The number of carbonyl (C=O) groups excluding carboxylic acids is 2. The van der Waals surface area contributed by atoms with Crippen molar-refractivity contribution < 1.29 is 19.2 Å². The van der Waals surface area contributed by atoms with Gasteiger partial charge in [0, 0.05) is 19.3 Å². The number of fused-ring (bicyclic) bond motifs is 7. The van der Waals surface area contributed by atoms with Crippen LogP contribution in [0.5, 0.6) is 0 Å². The van der Waals surface area contributed by atoms with Gasteiger partial charge < -0.3 is 9.57 Å². The zero-order valence-electron chi connectivity index (χ0n) is 25.9. The fraction of sp³-hybridized carbons (Fsp3) is 0.824. The molecule has 5 saturated carbocycles. The Balaban J connectivity index is 1.53. The molecular weight excluding hydrogens is 500 g/mol. The first-order valence-corrected chi connectivity index (χ1v) is 15.6. The van der Waals surface area contributed by atoms with E-state index in [2.05, 4.69) is 52.4 Å². The normalized spacial score (nSPS) is 48.5. The molecule has 5 aliphatic rings. The van der Waals surface area contributed by atoms with Crippen LogP contribution in [-0.2, 0) is 19.2 Å². The molecule has 0 aromatic rings. The first-order chi connectivity index (χ1) is 18.7. The molecule has 0 aliphatic heterocycles. The summed E-state index contributed by atoms with van der Waals surface area (Å²) in [6, 6.07) is 2.88. The molecule has 0 spiro atoms. The van der Waals surface area contributed by atoms with Crippen molar-refractivity contribution in [1.82, 2.24) is 0 Å². The fourth-order valence-electron chi connectivity index (χ4n) is 11.7. The van der Waals surface area contributed by atoms with Crippen molar-refractivity contribution >= 4 is 17.7 Å². The molecule has 0 bridgehead atoms. The van der Waals surface area contributed by atoms with Crippen molar-refractivity contribution in [2.24, 2.45) is 61.8 Å². The Labute approximate surface area is 241 Å². The molecule has 0 aromatic heterocycles. The highest BCUT2D eigenvalue weighted by molar-refractivity contribution is 5.91. The maximum atomic E-state index is 12.0. The Morgan fingerprint density at radius 2 is 1.65 bits per heavy atom. The Hall–Kier alpha value is -2.16.